The number of carboxylic acid groups (broad SMARTS) is 1. The maximum atomic E-state index is 11.5. The molecule has 0 bridgehead atoms. The number of nitrogens with two attached hydrogens (primary N) is 1. The molecule has 0 aromatic rings. The van der Waals surface area contributed by atoms with E-state index >= 15 is 0 Å². The molecule has 158 valence electrons. The Morgan fingerprint density at radius 1 is 0.750 bits per heavy atom. The summed E-state index contributed by atoms with van der Waals surface area (Å²) in [6.07, 6.45) is 15.8. The Kier molecular flexibility index (Phi) is 23.8. The van der Waals surface area contributed by atoms with Gasteiger partial charge in [0.25, 0.3) is 0 Å². The van der Waals surface area contributed by atoms with E-state index < -0.39 is 23.9 Å². The molecule has 1 atom stereocenters. The van der Waals surface area contributed by atoms with Gasteiger partial charge in [-0.25, -0.2) is 0 Å². The molecule has 28 heavy (non-hydrogen) atoms. The largest absolute Gasteiger partial charge is 1.00 e. The molecule has 0 aromatic heterocycles. The van der Waals surface area contributed by atoms with Crippen LogP contribution in [0.2, 0.25) is 0 Å². The van der Waals surface area contributed by atoms with Crippen molar-refractivity contribution in [1.82, 2.24) is 0 Å². The smallest absolute Gasteiger partial charge is 0.548 e. The molecule has 0 unspecified atom stereocenters. The van der Waals surface area contributed by atoms with Gasteiger partial charge in [-0.2, -0.15) is 0 Å². The number of hydrogen-bond acceptors (Lipinski definition) is 6. The van der Waals surface area contributed by atoms with E-state index in [1.54, 1.807) is 0 Å². The molecule has 0 aliphatic carbocycles. The Balaban J connectivity index is 0. The SMILES string of the molecule is CCCCCCCCCCCCCCCC(=O)OC(=O)CC[C@H](N)C(=O)[O-].[K+]. The van der Waals surface area contributed by atoms with Gasteiger partial charge in [-0.15, -0.1) is 0 Å². The summed E-state index contributed by atoms with van der Waals surface area (Å²) in [7, 11) is 0. The fourth-order valence-electron chi connectivity index (χ4n) is 2.91. The minimum atomic E-state index is -1.42. The van der Waals surface area contributed by atoms with Crippen LogP contribution in [0, 0.1) is 0 Å². The first kappa shape index (κ1) is 30.4. The summed E-state index contributed by atoms with van der Waals surface area (Å²) in [6.45, 7) is 2.24. The van der Waals surface area contributed by atoms with E-state index in [4.69, 9.17) is 5.73 Å². The fraction of sp³-hybridized carbons (Fsp3) is 0.857. The topological polar surface area (TPSA) is 110 Å². The molecule has 0 aliphatic rings. The van der Waals surface area contributed by atoms with Crippen LogP contribution in [0.1, 0.15) is 110 Å². The normalized spacial score (nSPS) is 11.5. The molecule has 0 amide bonds. The average Bonchev–Trinajstić information content (AvgIpc) is 2.63. The van der Waals surface area contributed by atoms with E-state index in [0.29, 0.717) is 6.42 Å². The number of unbranched alkanes of at least 4 members (excludes halogenated alkanes) is 12. The number of hydrogen-bond donors (Lipinski definition) is 1. The summed E-state index contributed by atoms with van der Waals surface area (Å²) in [5, 5.41) is 10.4. The molecule has 0 spiro atoms. The Morgan fingerprint density at radius 3 is 1.57 bits per heavy atom. The van der Waals surface area contributed by atoms with Gasteiger partial charge >= 0.3 is 63.3 Å². The maximum Gasteiger partial charge on any atom is 1.00 e. The van der Waals surface area contributed by atoms with Gasteiger partial charge in [-0.05, 0) is 12.8 Å². The van der Waals surface area contributed by atoms with Gasteiger partial charge in [0.15, 0.2) is 0 Å². The van der Waals surface area contributed by atoms with E-state index in [2.05, 4.69) is 11.7 Å². The number of carbonyl (C=O) groups excluding carboxylic acids is 3. The van der Waals surface area contributed by atoms with E-state index in [1.807, 2.05) is 0 Å². The van der Waals surface area contributed by atoms with Crippen molar-refractivity contribution in [2.75, 3.05) is 0 Å². The summed E-state index contributed by atoms with van der Waals surface area (Å²) in [4.78, 5) is 33.4. The minimum absolute atomic E-state index is 0. The van der Waals surface area contributed by atoms with Gasteiger partial charge in [0.05, 0.1) is 5.97 Å². The van der Waals surface area contributed by atoms with Crippen LogP contribution < -0.4 is 62.2 Å². The summed E-state index contributed by atoms with van der Waals surface area (Å²) in [5.41, 5.74) is 5.23. The molecule has 0 aromatic carbocycles. The molecule has 0 rings (SSSR count). The monoisotopic (exact) mass is 423 g/mol. The van der Waals surface area contributed by atoms with Crippen molar-refractivity contribution in [1.29, 1.82) is 0 Å². The number of rotatable bonds is 18. The van der Waals surface area contributed by atoms with Crippen LogP contribution in [0.4, 0.5) is 0 Å². The van der Waals surface area contributed by atoms with E-state index in [1.165, 1.54) is 64.2 Å². The van der Waals surface area contributed by atoms with Crippen molar-refractivity contribution < 1.29 is 75.6 Å². The van der Waals surface area contributed by atoms with Crippen molar-refractivity contribution in [2.24, 2.45) is 5.73 Å². The third kappa shape index (κ3) is 20.9. The van der Waals surface area contributed by atoms with E-state index in [9.17, 15) is 19.5 Å². The second-order valence-electron chi connectivity index (χ2n) is 7.30. The predicted octanol–water partition coefficient (Wildman–Crippen LogP) is 0.399. The Labute approximate surface area is 213 Å². The van der Waals surface area contributed by atoms with Gasteiger partial charge in [-0.1, -0.05) is 84.0 Å². The fourth-order valence-corrected chi connectivity index (χ4v) is 2.91. The molecule has 0 radical (unpaired) electrons. The van der Waals surface area contributed by atoms with Crippen LogP contribution in [0.15, 0.2) is 0 Å². The summed E-state index contributed by atoms with van der Waals surface area (Å²) < 4.78 is 4.64. The standard InChI is InChI=1S/C21H39NO5.K/c1-2-3-4-5-6-7-8-9-10-11-12-13-14-15-19(23)27-20(24)17-16-18(22)21(25)26;/h18H,2-17,22H2,1H3,(H,25,26);/q;+1/p-1/t18-;/m0./s1. The van der Waals surface area contributed by atoms with Gasteiger partial charge in [0.2, 0.25) is 0 Å². The Bertz CT molecular complexity index is 418. The molecule has 0 fully saturated rings. The van der Waals surface area contributed by atoms with E-state index in [0.717, 1.165) is 12.8 Å². The second kappa shape index (κ2) is 21.9. The van der Waals surface area contributed by atoms with Crippen LogP contribution in [-0.2, 0) is 19.1 Å². The second-order valence-corrected chi connectivity index (χ2v) is 7.30. The molecule has 2 N–H and O–H groups in total. The van der Waals surface area contributed by atoms with Gasteiger partial charge in [-0.3, -0.25) is 9.59 Å². The zero-order valence-electron chi connectivity index (χ0n) is 18.0. The molecule has 6 nitrogen and oxygen atoms in total. The third-order valence-corrected chi connectivity index (χ3v) is 4.67. The van der Waals surface area contributed by atoms with Crippen LogP contribution >= 0.6 is 0 Å². The van der Waals surface area contributed by atoms with Crippen LogP contribution in [-0.4, -0.2) is 23.9 Å². The first-order valence-electron chi connectivity index (χ1n) is 10.7. The van der Waals surface area contributed by atoms with Crippen molar-refractivity contribution in [3.63, 3.8) is 0 Å². The third-order valence-electron chi connectivity index (χ3n) is 4.67. The Morgan fingerprint density at radius 2 is 1.14 bits per heavy atom. The summed E-state index contributed by atoms with van der Waals surface area (Å²) in [6, 6.07) is -1.21. The van der Waals surface area contributed by atoms with Crippen LogP contribution in [0.25, 0.3) is 0 Å². The first-order valence-corrected chi connectivity index (χ1v) is 10.7. The number of ether oxygens (including phenoxy) is 1. The molecular weight excluding hydrogens is 385 g/mol. The Hall–Kier alpha value is 0.206. The average molecular weight is 424 g/mol. The molecular formula is C21H38KNO5. The number of carbonyl (C=O) groups is 3. The summed E-state index contributed by atoms with van der Waals surface area (Å²) in [5.74, 6) is -2.70. The van der Waals surface area contributed by atoms with Crippen LogP contribution in [0.3, 0.4) is 0 Å². The predicted molar refractivity (Wildman–Crippen MR) is 104 cm³/mol. The van der Waals surface area contributed by atoms with Gasteiger partial charge in [0, 0.05) is 18.9 Å². The van der Waals surface area contributed by atoms with Crippen molar-refractivity contribution in [3.05, 3.63) is 0 Å². The molecule has 0 saturated heterocycles. The maximum absolute atomic E-state index is 11.5. The number of esters is 2. The quantitative estimate of drug-likeness (QED) is 0.148. The molecule has 0 saturated carbocycles. The van der Waals surface area contributed by atoms with Gasteiger partial charge < -0.3 is 20.4 Å². The summed E-state index contributed by atoms with van der Waals surface area (Å²) >= 11 is 0. The number of aliphatic carboxylic acids is 1. The first-order chi connectivity index (χ1) is 13.0. The van der Waals surface area contributed by atoms with Crippen molar-refractivity contribution in [3.8, 4) is 0 Å². The van der Waals surface area contributed by atoms with Crippen molar-refractivity contribution >= 4 is 17.9 Å². The zero-order chi connectivity index (χ0) is 20.3. The number of carboxylic acids is 1. The minimum Gasteiger partial charge on any atom is -0.548 e. The van der Waals surface area contributed by atoms with E-state index in [-0.39, 0.29) is 70.6 Å². The van der Waals surface area contributed by atoms with Gasteiger partial charge in [0.1, 0.15) is 0 Å². The zero-order valence-corrected chi connectivity index (χ0v) is 21.1. The molecule has 0 aliphatic heterocycles. The van der Waals surface area contributed by atoms with Crippen molar-refractivity contribution in [2.45, 2.75) is 116 Å². The molecule has 7 heteroatoms. The van der Waals surface area contributed by atoms with Crippen LogP contribution in [0.5, 0.6) is 0 Å². The molecule has 0 heterocycles.